The molecule has 1 aromatic heterocycles. The van der Waals surface area contributed by atoms with Crippen molar-refractivity contribution in [3.63, 3.8) is 0 Å². The molecule has 0 atom stereocenters. The lowest BCUT2D eigenvalue weighted by molar-refractivity contribution is -0.132. The van der Waals surface area contributed by atoms with Gasteiger partial charge in [0.1, 0.15) is 11.4 Å². The highest BCUT2D eigenvalue weighted by molar-refractivity contribution is 6.07. The number of imide groups is 1. The lowest BCUT2D eigenvalue weighted by atomic mass is 9.82. The summed E-state index contributed by atoms with van der Waals surface area (Å²) >= 11 is 0. The van der Waals surface area contributed by atoms with Crippen molar-refractivity contribution >= 4 is 18.2 Å². The first-order valence-corrected chi connectivity index (χ1v) is 9.44. The summed E-state index contributed by atoms with van der Waals surface area (Å²) in [4.78, 5) is 25.1. The molecular formula is C20H22FN5O2. The molecule has 2 aromatic rings. The summed E-state index contributed by atoms with van der Waals surface area (Å²) in [5, 5.41) is 12.4. The fourth-order valence-electron chi connectivity index (χ4n) is 4.00. The van der Waals surface area contributed by atoms with Gasteiger partial charge in [0.05, 0.1) is 23.3 Å². The minimum atomic E-state index is -0.797. The first-order valence-electron chi connectivity index (χ1n) is 9.44. The number of halogens is 1. The summed E-state index contributed by atoms with van der Waals surface area (Å²) in [7, 11) is 0. The second-order valence-electron chi connectivity index (χ2n) is 7.41. The number of urea groups is 1. The zero-order chi connectivity index (χ0) is 19.9. The number of nitrogens with one attached hydrogen (secondary N) is 1. The van der Waals surface area contributed by atoms with E-state index in [9.17, 15) is 14.0 Å². The molecule has 4 rings (SSSR count). The largest absolute Gasteiger partial charge is 0.346 e. The van der Waals surface area contributed by atoms with Gasteiger partial charge in [-0.2, -0.15) is 10.2 Å². The predicted molar refractivity (Wildman–Crippen MR) is 102 cm³/mol. The van der Waals surface area contributed by atoms with Crippen molar-refractivity contribution in [3.05, 3.63) is 47.0 Å². The molecule has 7 nitrogen and oxygen atoms in total. The molecule has 1 saturated carbocycles. The van der Waals surface area contributed by atoms with E-state index < -0.39 is 11.6 Å². The molecule has 2 heterocycles. The van der Waals surface area contributed by atoms with E-state index in [0.29, 0.717) is 18.5 Å². The van der Waals surface area contributed by atoms with E-state index in [0.717, 1.165) is 41.2 Å². The van der Waals surface area contributed by atoms with Crippen LogP contribution >= 0.6 is 0 Å². The van der Waals surface area contributed by atoms with Gasteiger partial charge in [0, 0.05) is 5.56 Å². The number of hydrogen-bond donors (Lipinski definition) is 1. The van der Waals surface area contributed by atoms with Crippen LogP contribution in [-0.2, 0) is 4.79 Å². The number of amides is 3. The average Bonchev–Trinajstić information content (AvgIpc) is 3.08. The molecule has 1 spiro atoms. The predicted octanol–water partition coefficient (Wildman–Crippen LogP) is 3.22. The van der Waals surface area contributed by atoms with Gasteiger partial charge < -0.3 is 5.32 Å². The number of aryl methyl sites for hydroxylation is 1. The molecule has 3 amide bonds. The molecule has 28 heavy (non-hydrogen) atoms. The van der Waals surface area contributed by atoms with Crippen LogP contribution in [-0.4, -0.2) is 38.5 Å². The number of nitrogens with zero attached hydrogens (tertiary/aromatic N) is 4. The summed E-state index contributed by atoms with van der Waals surface area (Å²) < 4.78 is 14.9. The zero-order valence-corrected chi connectivity index (χ0v) is 15.9. The van der Waals surface area contributed by atoms with Crippen LogP contribution in [0.15, 0.2) is 29.4 Å². The summed E-state index contributed by atoms with van der Waals surface area (Å²) in [6.45, 7) is 3.68. The van der Waals surface area contributed by atoms with E-state index >= 15 is 0 Å². The van der Waals surface area contributed by atoms with Gasteiger partial charge in [-0.05, 0) is 51.0 Å². The van der Waals surface area contributed by atoms with Crippen molar-refractivity contribution in [2.45, 2.75) is 51.5 Å². The Morgan fingerprint density at radius 3 is 2.50 bits per heavy atom. The normalized spacial score (nSPS) is 19.0. The Hall–Kier alpha value is -3.03. The highest BCUT2D eigenvalue weighted by Crippen LogP contribution is 2.33. The number of hydrogen-bond acceptors (Lipinski definition) is 4. The molecule has 8 heteroatoms. The molecule has 0 radical (unpaired) electrons. The van der Waals surface area contributed by atoms with Crippen LogP contribution in [0, 0.1) is 19.7 Å². The Balaban J connectivity index is 1.61. The van der Waals surface area contributed by atoms with Crippen LogP contribution in [0.4, 0.5) is 9.18 Å². The maximum absolute atomic E-state index is 13.2. The minimum absolute atomic E-state index is 0.283. The molecule has 2 aliphatic rings. The number of benzene rings is 1. The Bertz CT molecular complexity index is 958. The molecule has 1 N–H and O–H groups in total. The van der Waals surface area contributed by atoms with Gasteiger partial charge in [-0.3, -0.25) is 4.79 Å². The maximum Gasteiger partial charge on any atom is 0.346 e. The van der Waals surface area contributed by atoms with Crippen LogP contribution < -0.4 is 5.32 Å². The van der Waals surface area contributed by atoms with Gasteiger partial charge in [-0.15, -0.1) is 5.01 Å². The van der Waals surface area contributed by atoms with Crippen molar-refractivity contribution in [1.82, 2.24) is 20.1 Å². The van der Waals surface area contributed by atoms with E-state index in [-0.39, 0.29) is 11.7 Å². The number of hydrazone groups is 1. The lowest BCUT2D eigenvalue weighted by Crippen LogP contribution is -2.48. The Kier molecular flexibility index (Phi) is 4.49. The third kappa shape index (κ3) is 2.98. The van der Waals surface area contributed by atoms with Crippen LogP contribution in [0.5, 0.6) is 0 Å². The zero-order valence-electron chi connectivity index (χ0n) is 15.9. The molecule has 146 valence electrons. The van der Waals surface area contributed by atoms with Crippen LogP contribution in [0.3, 0.4) is 0 Å². The summed E-state index contributed by atoms with van der Waals surface area (Å²) in [6, 6.07) is 5.54. The summed E-state index contributed by atoms with van der Waals surface area (Å²) in [5.41, 5.74) is 2.12. The van der Waals surface area contributed by atoms with Gasteiger partial charge in [0.2, 0.25) is 0 Å². The Morgan fingerprint density at radius 2 is 1.82 bits per heavy atom. The highest BCUT2D eigenvalue weighted by atomic mass is 19.1. The molecule has 0 bridgehead atoms. The standard InChI is InChI=1S/C20H22FN5O2/c1-13-17(14(2)25(24-13)16-8-6-15(21)7-9-16)12-22-26-18(27)20(23-19(26)28)10-4-3-5-11-20/h6-9,12H,3-5,10-11H2,1-2H3,(H,23,28)/b22-12-. The van der Waals surface area contributed by atoms with Crippen molar-refractivity contribution in [2.75, 3.05) is 0 Å². The fourth-order valence-corrected chi connectivity index (χ4v) is 4.00. The van der Waals surface area contributed by atoms with E-state index in [1.807, 2.05) is 13.8 Å². The topological polar surface area (TPSA) is 79.6 Å². The first-order chi connectivity index (χ1) is 13.4. The molecule has 2 fully saturated rings. The molecule has 1 saturated heterocycles. The number of aromatic nitrogens is 2. The quantitative estimate of drug-likeness (QED) is 0.653. The van der Waals surface area contributed by atoms with Gasteiger partial charge in [0.25, 0.3) is 5.91 Å². The number of carbonyl (C=O) groups is 2. The minimum Gasteiger partial charge on any atom is -0.321 e. The first kappa shape index (κ1) is 18.3. The van der Waals surface area contributed by atoms with E-state index in [4.69, 9.17) is 0 Å². The van der Waals surface area contributed by atoms with Gasteiger partial charge in [-0.25, -0.2) is 13.9 Å². The van der Waals surface area contributed by atoms with Crippen LogP contribution in [0.2, 0.25) is 0 Å². The van der Waals surface area contributed by atoms with Crippen molar-refractivity contribution in [1.29, 1.82) is 0 Å². The van der Waals surface area contributed by atoms with Crippen molar-refractivity contribution in [2.24, 2.45) is 5.10 Å². The second kappa shape index (κ2) is 6.85. The Morgan fingerprint density at radius 1 is 1.14 bits per heavy atom. The Labute approximate surface area is 162 Å². The van der Waals surface area contributed by atoms with E-state index in [1.54, 1.807) is 16.8 Å². The number of rotatable bonds is 3. The third-order valence-electron chi connectivity index (χ3n) is 5.57. The molecule has 1 aliphatic carbocycles. The lowest BCUT2D eigenvalue weighted by Gasteiger charge is -2.29. The second-order valence-corrected chi connectivity index (χ2v) is 7.41. The summed E-state index contributed by atoms with van der Waals surface area (Å²) in [6.07, 6.45) is 5.74. The number of carbonyl (C=O) groups excluding carboxylic acids is 2. The third-order valence-corrected chi connectivity index (χ3v) is 5.57. The van der Waals surface area contributed by atoms with Crippen LogP contribution in [0.25, 0.3) is 5.69 Å². The SMILES string of the molecule is Cc1nn(-c2ccc(F)cc2)c(C)c1/C=N\N1C(=O)NC2(CCCCC2)C1=O. The summed E-state index contributed by atoms with van der Waals surface area (Å²) in [5.74, 6) is -0.600. The van der Waals surface area contributed by atoms with Crippen molar-refractivity contribution < 1.29 is 14.0 Å². The monoisotopic (exact) mass is 383 g/mol. The molecular weight excluding hydrogens is 361 g/mol. The molecule has 1 aliphatic heterocycles. The fraction of sp³-hybridized carbons (Fsp3) is 0.400. The van der Waals surface area contributed by atoms with E-state index in [2.05, 4.69) is 15.5 Å². The van der Waals surface area contributed by atoms with Gasteiger partial charge in [0.15, 0.2) is 0 Å². The smallest absolute Gasteiger partial charge is 0.321 e. The molecule has 1 aromatic carbocycles. The van der Waals surface area contributed by atoms with Gasteiger partial charge >= 0.3 is 6.03 Å². The van der Waals surface area contributed by atoms with Crippen LogP contribution in [0.1, 0.15) is 49.1 Å². The molecule has 0 unspecified atom stereocenters. The van der Waals surface area contributed by atoms with Crippen molar-refractivity contribution in [3.8, 4) is 5.69 Å². The van der Waals surface area contributed by atoms with E-state index in [1.165, 1.54) is 18.3 Å². The maximum atomic E-state index is 13.2. The van der Waals surface area contributed by atoms with Gasteiger partial charge in [-0.1, -0.05) is 19.3 Å². The average molecular weight is 383 g/mol. The highest BCUT2D eigenvalue weighted by Gasteiger charge is 2.51.